The molecule has 0 spiro atoms. The highest BCUT2D eigenvalue weighted by Crippen LogP contribution is 2.32. The molecule has 104 valence electrons. The summed E-state index contributed by atoms with van der Waals surface area (Å²) in [5.41, 5.74) is 1.28. The lowest BCUT2D eigenvalue weighted by Crippen LogP contribution is -2.06. The summed E-state index contributed by atoms with van der Waals surface area (Å²) in [6.45, 7) is 5.15. The zero-order chi connectivity index (χ0) is 14.1. The predicted octanol–water partition coefficient (Wildman–Crippen LogP) is 4.79. The number of halogens is 1. The lowest BCUT2D eigenvalue weighted by Gasteiger charge is -2.06. The van der Waals surface area contributed by atoms with Crippen molar-refractivity contribution in [2.45, 2.75) is 20.3 Å². The highest BCUT2D eigenvalue weighted by atomic mass is 79.9. The van der Waals surface area contributed by atoms with E-state index in [1.54, 1.807) is 29.0 Å². The Bertz CT molecular complexity index is 748. The smallest absolute Gasteiger partial charge is 0.138 e. The lowest BCUT2D eigenvalue weighted by atomic mass is 10.2. The summed E-state index contributed by atoms with van der Waals surface area (Å²) in [5.74, 6) is 0.951. The molecule has 3 aromatic rings. The van der Waals surface area contributed by atoms with E-state index in [4.69, 9.17) is 0 Å². The van der Waals surface area contributed by atoms with Crippen LogP contribution >= 0.6 is 38.6 Å². The molecule has 0 aromatic carbocycles. The molecule has 0 saturated heterocycles. The Hall–Kier alpha value is -0.980. The predicted molar refractivity (Wildman–Crippen MR) is 91.1 cm³/mol. The molecule has 3 nitrogen and oxygen atoms in total. The van der Waals surface area contributed by atoms with Crippen molar-refractivity contribution < 1.29 is 0 Å². The van der Waals surface area contributed by atoms with Crippen LogP contribution in [0.2, 0.25) is 0 Å². The number of hydrogen-bond acceptors (Lipinski definition) is 5. The maximum absolute atomic E-state index is 4.40. The van der Waals surface area contributed by atoms with Gasteiger partial charge in [-0.1, -0.05) is 0 Å². The van der Waals surface area contributed by atoms with Crippen LogP contribution < -0.4 is 5.32 Å². The monoisotopic (exact) mass is 367 g/mol. The molecule has 0 unspecified atom stereocenters. The summed E-state index contributed by atoms with van der Waals surface area (Å²) in [6.07, 6.45) is 2.64. The lowest BCUT2D eigenvalue weighted by molar-refractivity contribution is 1.03. The Morgan fingerprint density at radius 2 is 2.05 bits per heavy atom. The molecular weight excluding hydrogens is 354 g/mol. The van der Waals surface area contributed by atoms with Crippen LogP contribution in [0.15, 0.2) is 22.2 Å². The van der Waals surface area contributed by atoms with Crippen molar-refractivity contribution in [1.29, 1.82) is 0 Å². The number of nitrogens with zero attached hydrogens (tertiary/aromatic N) is 2. The number of rotatable bonds is 4. The third kappa shape index (κ3) is 2.73. The van der Waals surface area contributed by atoms with Crippen molar-refractivity contribution in [3.63, 3.8) is 0 Å². The van der Waals surface area contributed by atoms with E-state index >= 15 is 0 Å². The molecule has 6 heteroatoms. The molecule has 0 amide bonds. The Morgan fingerprint density at radius 1 is 1.20 bits per heavy atom. The van der Waals surface area contributed by atoms with Crippen LogP contribution in [0.1, 0.15) is 15.3 Å². The quantitative estimate of drug-likeness (QED) is 0.720. The van der Waals surface area contributed by atoms with Gasteiger partial charge in [0.1, 0.15) is 17.0 Å². The number of thiophene rings is 2. The number of anilines is 1. The van der Waals surface area contributed by atoms with Crippen LogP contribution in [-0.2, 0) is 6.42 Å². The van der Waals surface area contributed by atoms with Gasteiger partial charge in [0.15, 0.2) is 0 Å². The molecule has 1 N–H and O–H groups in total. The highest BCUT2D eigenvalue weighted by Gasteiger charge is 2.11. The largest absolute Gasteiger partial charge is 0.369 e. The van der Waals surface area contributed by atoms with Gasteiger partial charge in [0.2, 0.25) is 0 Å². The van der Waals surface area contributed by atoms with Crippen molar-refractivity contribution in [2.75, 3.05) is 11.9 Å². The van der Waals surface area contributed by atoms with Crippen molar-refractivity contribution in [3.05, 3.63) is 37.6 Å². The molecule has 0 radical (unpaired) electrons. The van der Waals surface area contributed by atoms with E-state index < -0.39 is 0 Å². The van der Waals surface area contributed by atoms with Gasteiger partial charge < -0.3 is 5.32 Å². The molecule has 0 saturated carbocycles. The van der Waals surface area contributed by atoms with Crippen LogP contribution in [0, 0.1) is 13.8 Å². The van der Waals surface area contributed by atoms with Gasteiger partial charge in [0, 0.05) is 16.3 Å². The summed E-state index contributed by atoms with van der Waals surface area (Å²) < 4.78 is 1.18. The first-order chi connectivity index (χ1) is 9.65. The van der Waals surface area contributed by atoms with E-state index in [0.29, 0.717) is 0 Å². The van der Waals surface area contributed by atoms with Gasteiger partial charge in [0.25, 0.3) is 0 Å². The fourth-order valence-electron chi connectivity index (χ4n) is 2.11. The average Bonchev–Trinajstić information content (AvgIpc) is 2.95. The number of aryl methyl sites for hydroxylation is 2. The number of aromatic nitrogens is 2. The molecule has 3 heterocycles. The minimum Gasteiger partial charge on any atom is -0.369 e. The molecule has 20 heavy (non-hydrogen) atoms. The third-order valence-corrected chi connectivity index (χ3v) is 6.06. The van der Waals surface area contributed by atoms with E-state index in [1.807, 2.05) is 0 Å². The zero-order valence-corrected chi connectivity index (χ0v) is 14.5. The van der Waals surface area contributed by atoms with Gasteiger partial charge in [-0.15, -0.1) is 22.7 Å². The van der Waals surface area contributed by atoms with Crippen LogP contribution in [0.3, 0.4) is 0 Å². The molecular formula is C14H14BrN3S2. The molecule has 0 aliphatic rings. The molecule has 3 rings (SSSR count). The van der Waals surface area contributed by atoms with Crippen LogP contribution in [0.25, 0.3) is 10.2 Å². The van der Waals surface area contributed by atoms with Gasteiger partial charge in [-0.3, -0.25) is 0 Å². The fourth-order valence-corrected chi connectivity index (χ4v) is 4.59. The van der Waals surface area contributed by atoms with Crippen molar-refractivity contribution in [2.24, 2.45) is 0 Å². The second-order valence-electron chi connectivity index (χ2n) is 4.57. The van der Waals surface area contributed by atoms with Gasteiger partial charge in [-0.2, -0.15) is 0 Å². The van der Waals surface area contributed by atoms with Crippen molar-refractivity contribution in [3.8, 4) is 0 Å². The molecule has 0 aliphatic carbocycles. The van der Waals surface area contributed by atoms with E-state index in [1.165, 1.54) is 24.5 Å². The maximum Gasteiger partial charge on any atom is 0.138 e. The Labute approximate surface area is 134 Å². The number of hydrogen-bond donors (Lipinski definition) is 1. The van der Waals surface area contributed by atoms with Crippen molar-refractivity contribution in [1.82, 2.24) is 9.97 Å². The second kappa shape index (κ2) is 5.79. The normalized spacial score (nSPS) is 11.2. The first kappa shape index (κ1) is 14.0. The Balaban J connectivity index is 1.77. The minimum atomic E-state index is 0.882. The van der Waals surface area contributed by atoms with Crippen molar-refractivity contribution >= 4 is 54.6 Å². The fraction of sp³-hybridized carbons (Fsp3) is 0.286. The van der Waals surface area contributed by atoms with E-state index in [0.717, 1.165) is 23.6 Å². The minimum absolute atomic E-state index is 0.882. The molecule has 0 fully saturated rings. The SMILES string of the molecule is Cc1sc2ncnc(NCCc3ccc(Br)s3)c2c1C. The third-order valence-electron chi connectivity index (χ3n) is 3.26. The molecule has 0 aliphatic heterocycles. The Morgan fingerprint density at radius 3 is 2.80 bits per heavy atom. The summed E-state index contributed by atoms with van der Waals surface area (Å²) in [6, 6.07) is 4.25. The van der Waals surface area contributed by atoms with E-state index in [2.05, 4.69) is 57.2 Å². The standard InChI is InChI=1S/C14H14BrN3S2/c1-8-9(2)19-14-12(8)13(17-7-18-14)16-6-5-10-3-4-11(15)20-10/h3-4,7H,5-6H2,1-2H3,(H,16,17,18). The van der Waals surface area contributed by atoms with Crippen LogP contribution in [0.5, 0.6) is 0 Å². The van der Waals surface area contributed by atoms with Crippen LogP contribution in [-0.4, -0.2) is 16.5 Å². The number of fused-ring (bicyclic) bond motifs is 1. The molecule has 0 bridgehead atoms. The Kier molecular flexibility index (Phi) is 4.05. The van der Waals surface area contributed by atoms with Gasteiger partial charge in [-0.05, 0) is 53.9 Å². The molecule has 0 atom stereocenters. The molecule has 3 aromatic heterocycles. The maximum atomic E-state index is 4.40. The van der Waals surface area contributed by atoms with E-state index in [9.17, 15) is 0 Å². The highest BCUT2D eigenvalue weighted by molar-refractivity contribution is 9.11. The summed E-state index contributed by atoms with van der Waals surface area (Å²) in [7, 11) is 0. The van der Waals surface area contributed by atoms with Gasteiger partial charge in [0.05, 0.1) is 9.17 Å². The van der Waals surface area contributed by atoms with Gasteiger partial charge in [-0.25, -0.2) is 9.97 Å². The first-order valence-corrected chi connectivity index (χ1v) is 8.76. The summed E-state index contributed by atoms with van der Waals surface area (Å²) >= 11 is 7.00. The second-order valence-corrected chi connectivity index (χ2v) is 8.32. The van der Waals surface area contributed by atoms with Gasteiger partial charge >= 0.3 is 0 Å². The summed E-state index contributed by atoms with van der Waals surface area (Å²) in [5, 5.41) is 4.62. The summed E-state index contributed by atoms with van der Waals surface area (Å²) in [4.78, 5) is 12.5. The number of nitrogens with one attached hydrogen (secondary N) is 1. The zero-order valence-electron chi connectivity index (χ0n) is 11.2. The van der Waals surface area contributed by atoms with Crippen LogP contribution in [0.4, 0.5) is 5.82 Å². The van der Waals surface area contributed by atoms with E-state index in [-0.39, 0.29) is 0 Å². The average molecular weight is 368 g/mol. The topological polar surface area (TPSA) is 37.8 Å². The first-order valence-electron chi connectivity index (χ1n) is 6.34.